The van der Waals surface area contributed by atoms with E-state index in [1.165, 1.54) is 83.5 Å². The minimum atomic E-state index is -1.57. The van der Waals surface area contributed by atoms with Gasteiger partial charge < -0.3 is 9.22 Å². The van der Waals surface area contributed by atoms with Crippen molar-refractivity contribution in [1.82, 2.24) is 0 Å². The van der Waals surface area contributed by atoms with Crippen molar-refractivity contribution in [1.29, 1.82) is 0 Å². The van der Waals surface area contributed by atoms with E-state index >= 15 is 0 Å². The molecule has 0 aliphatic heterocycles. The predicted molar refractivity (Wildman–Crippen MR) is 132 cm³/mol. The van der Waals surface area contributed by atoms with Crippen LogP contribution in [0.2, 0.25) is 0 Å². The van der Waals surface area contributed by atoms with Gasteiger partial charge in [-0.3, -0.25) is 0 Å². The molecule has 178 valence electrons. The molecule has 0 saturated carbocycles. The summed E-state index contributed by atoms with van der Waals surface area (Å²) in [5.74, 6) is 0. The first-order chi connectivity index (χ1) is 14.5. The minimum absolute atomic E-state index is 0.513. The van der Waals surface area contributed by atoms with Gasteiger partial charge in [0, 0.05) is 6.61 Å². The molecule has 0 radical (unpaired) electrons. The number of allylic oxidation sites excluding steroid dienone is 2. The van der Waals surface area contributed by atoms with Crippen LogP contribution in [0.25, 0.3) is 0 Å². The van der Waals surface area contributed by atoms with Gasteiger partial charge in [-0.15, -0.1) is 4.52 Å². The van der Waals surface area contributed by atoms with Crippen LogP contribution < -0.4 is 0 Å². The van der Waals surface area contributed by atoms with Gasteiger partial charge in [0.2, 0.25) is 6.16 Å². The van der Waals surface area contributed by atoms with E-state index in [4.69, 9.17) is 9.26 Å². The molecule has 0 fully saturated rings. The highest BCUT2D eigenvalue weighted by Gasteiger charge is 2.19. The van der Waals surface area contributed by atoms with E-state index in [2.05, 4.69) is 40.2 Å². The van der Waals surface area contributed by atoms with Crippen molar-refractivity contribution in [2.24, 2.45) is 0 Å². The second-order valence-electron chi connectivity index (χ2n) is 9.45. The van der Waals surface area contributed by atoms with Crippen LogP contribution in [0.1, 0.15) is 96.8 Å². The zero-order chi connectivity index (χ0) is 22.3. The molecule has 0 N–H and O–H groups in total. The fourth-order valence-electron chi connectivity index (χ4n) is 3.17. The molecule has 5 heteroatoms. The molecule has 0 bridgehead atoms. The minimum Gasteiger partial charge on any atom is -0.377 e. The topological polar surface area (TPSA) is 35.5 Å². The highest BCUT2D eigenvalue weighted by atomic mass is 31.1. The van der Waals surface area contributed by atoms with Gasteiger partial charge in [-0.2, -0.15) is 0 Å². The average Bonchev–Trinajstić information content (AvgIpc) is 2.68. The summed E-state index contributed by atoms with van der Waals surface area (Å²) in [7, 11) is 4.75. The molecule has 0 heterocycles. The molecule has 30 heavy (non-hydrogen) atoms. The third-order valence-electron chi connectivity index (χ3n) is 5.22. The van der Waals surface area contributed by atoms with Crippen molar-refractivity contribution in [3.8, 4) is 0 Å². The van der Waals surface area contributed by atoms with Crippen LogP contribution in [0.5, 0.6) is 0 Å². The molecule has 1 unspecified atom stereocenters. The Morgan fingerprint density at radius 3 is 1.80 bits per heavy atom. The lowest BCUT2D eigenvalue weighted by molar-refractivity contribution is -0.870. The number of ether oxygens (including phenoxy) is 1. The van der Waals surface area contributed by atoms with Gasteiger partial charge in [0.15, 0.2) is 6.61 Å². The quantitative estimate of drug-likeness (QED) is 0.0706. The summed E-state index contributed by atoms with van der Waals surface area (Å²) in [6.45, 7) is 5.02. The predicted octanol–water partition coefficient (Wildman–Crippen LogP) is 7.51. The second-order valence-corrected chi connectivity index (χ2v) is 10.8. The Hall–Kier alpha value is -0.280. The Kier molecular flexibility index (Phi) is 21.7. The number of quaternary nitrogens is 1. The molecule has 0 aliphatic carbocycles. The number of rotatable bonds is 23. The lowest BCUT2D eigenvalue weighted by atomic mass is 10.1. The zero-order valence-electron chi connectivity index (χ0n) is 20.7. The smallest absolute Gasteiger partial charge is 0.377 e. The first-order valence-electron chi connectivity index (χ1n) is 12.6. The van der Waals surface area contributed by atoms with Crippen molar-refractivity contribution in [2.75, 3.05) is 53.7 Å². The summed E-state index contributed by atoms with van der Waals surface area (Å²) in [6, 6.07) is 0. The van der Waals surface area contributed by atoms with E-state index < -0.39 is 8.03 Å². The number of hydrogen-bond donors (Lipinski definition) is 0. The maximum absolute atomic E-state index is 11.7. The van der Waals surface area contributed by atoms with E-state index in [0.717, 1.165) is 24.1 Å². The average molecular weight is 446 g/mol. The zero-order valence-corrected chi connectivity index (χ0v) is 21.6. The lowest BCUT2D eigenvalue weighted by Gasteiger charge is -2.21. The number of unbranched alkanes of at least 4 members (excludes halogenated alkanes) is 12. The molecule has 4 nitrogen and oxygen atoms in total. The molecule has 0 spiro atoms. The third-order valence-corrected chi connectivity index (χ3v) is 6.23. The first-order valence-corrected chi connectivity index (χ1v) is 13.9. The molecule has 0 aromatic rings. The van der Waals surface area contributed by atoms with E-state index in [1.54, 1.807) is 0 Å². The lowest BCUT2D eigenvalue weighted by Crippen LogP contribution is -2.37. The van der Waals surface area contributed by atoms with Gasteiger partial charge >= 0.3 is 8.03 Å². The van der Waals surface area contributed by atoms with E-state index in [0.29, 0.717) is 19.4 Å². The highest BCUT2D eigenvalue weighted by Crippen LogP contribution is 2.21. The van der Waals surface area contributed by atoms with Crippen LogP contribution in [0.4, 0.5) is 0 Å². The van der Waals surface area contributed by atoms with Crippen molar-refractivity contribution in [2.45, 2.75) is 96.8 Å². The van der Waals surface area contributed by atoms with Crippen LogP contribution in [-0.2, 0) is 13.8 Å². The molecule has 0 aromatic carbocycles. The maximum Gasteiger partial charge on any atom is 0.510 e. The largest absolute Gasteiger partial charge is 0.510 e. The molecular formula is C25H52NO3P+2. The Bertz CT molecular complexity index is 408. The number of nitrogens with zero attached hydrogens (tertiary/aromatic N) is 1. The van der Waals surface area contributed by atoms with Crippen molar-refractivity contribution >= 4 is 8.03 Å². The van der Waals surface area contributed by atoms with Gasteiger partial charge in [0.05, 0.1) is 27.7 Å². The van der Waals surface area contributed by atoms with E-state index in [1.807, 2.05) is 0 Å². The summed E-state index contributed by atoms with van der Waals surface area (Å²) in [4.78, 5) is 0. The van der Waals surface area contributed by atoms with Gasteiger partial charge in [-0.1, -0.05) is 76.9 Å². The van der Waals surface area contributed by atoms with Gasteiger partial charge in [-0.25, -0.2) is 0 Å². The molecule has 0 amide bonds. The van der Waals surface area contributed by atoms with Crippen molar-refractivity contribution in [3.63, 3.8) is 0 Å². The van der Waals surface area contributed by atoms with Crippen molar-refractivity contribution < 1.29 is 18.3 Å². The Balaban J connectivity index is 3.21. The van der Waals surface area contributed by atoms with Crippen LogP contribution in [0, 0.1) is 0 Å². The SMILES string of the molecule is CCCCCCCC/C=C\CCCCCCCCOCC[P+](=O)OCC[N+](C)(C)C. The van der Waals surface area contributed by atoms with Gasteiger partial charge in [0.25, 0.3) is 0 Å². The number of likely N-dealkylation sites (N-methyl/N-ethyl adjacent to an activating group) is 1. The third kappa shape index (κ3) is 25.8. The van der Waals surface area contributed by atoms with Crippen LogP contribution in [0.3, 0.4) is 0 Å². The van der Waals surface area contributed by atoms with Crippen LogP contribution >= 0.6 is 8.03 Å². The molecule has 0 rings (SSSR count). The Labute approximate surface area is 189 Å². The highest BCUT2D eigenvalue weighted by molar-refractivity contribution is 7.39. The Morgan fingerprint density at radius 1 is 0.700 bits per heavy atom. The molecule has 0 aromatic heterocycles. The van der Waals surface area contributed by atoms with Crippen LogP contribution in [-0.4, -0.2) is 58.2 Å². The number of hydrogen-bond acceptors (Lipinski definition) is 3. The standard InChI is InChI=1S/C25H52NO3P/c1-5-6-7-8-9-10-11-12-13-14-15-16-17-18-19-20-22-28-24-25-30(27)29-23-21-26(2,3)4/h12-13H,5-11,14-25H2,1-4H3/q+2/b13-12-. The first kappa shape index (κ1) is 29.7. The summed E-state index contributed by atoms with van der Waals surface area (Å²) in [5.41, 5.74) is 0. The summed E-state index contributed by atoms with van der Waals surface area (Å²) in [5, 5.41) is 0. The Morgan fingerprint density at radius 2 is 1.23 bits per heavy atom. The molecule has 0 saturated heterocycles. The molecular weight excluding hydrogens is 393 g/mol. The monoisotopic (exact) mass is 445 g/mol. The fraction of sp³-hybridized carbons (Fsp3) is 0.920. The van der Waals surface area contributed by atoms with Crippen molar-refractivity contribution in [3.05, 3.63) is 12.2 Å². The van der Waals surface area contributed by atoms with Gasteiger partial charge in [0.1, 0.15) is 6.54 Å². The summed E-state index contributed by atoms with van der Waals surface area (Å²) in [6.07, 6.45) is 23.8. The fourth-order valence-corrected chi connectivity index (χ4v) is 3.87. The maximum atomic E-state index is 11.7. The van der Waals surface area contributed by atoms with Crippen LogP contribution in [0.15, 0.2) is 12.2 Å². The molecule has 0 aliphatic rings. The second kappa shape index (κ2) is 21.9. The molecule has 1 atom stereocenters. The summed E-state index contributed by atoms with van der Waals surface area (Å²) < 4.78 is 23.5. The van der Waals surface area contributed by atoms with E-state index in [-0.39, 0.29) is 0 Å². The normalized spacial score (nSPS) is 12.7. The van der Waals surface area contributed by atoms with E-state index in [9.17, 15) is 4.57 Å². The summed E-state index contributed by atoms with van der Waals surface area (Å²) >= 11 is 0. The van der Waals surface area contributed by atoms with Gasteiger partial charge in [-0.05, 0) is 36.7 Å².